The maximum atomic E-state index is 9.85. The monoisotopic (exact) mass is 217 g/mol. The summed E-state index contributed by atoms with van der Waals surface area (Å²) in [5.74, 6) is 0.171. The lowest BCUT2D eigenvalue weighted by atomic mass is 10.0. The van der Waals surface area contributed by atoms with Crippen molar-refractivity contribution in [1.82, 2.24) is 5.32 Å². The summed E-state index contributed by atoms with van der Waals surface area (Å²) in [6.07, 6.45) is 1.71. The van der Waals surface area contributed by atoms with E-state index in [2.05, 4.69) is 10.5 Å². The highest BCUT2D eigenvalue weighted by Gasteiger charge is 2.18. The molecule has 0 saturated carbocycles. The molecule has 0 aliphatic rings. The molecule has 0 aromatic heterocycles. The van der Waals surface area contributed by atoms with Gasteiger partial charge in [-0.2, -0.15) is 0 Å². The summed E-state index contributed by atoms with van der Waals surface area (Å²) in [7, 11) is 0. The van der Waals surface area contributed by atoms with Gasteiger partial charge in [0.15, 0.2) is 0 Å². The molecule has 0 aliphatic carbocycles. The molecular formula is C10H23N3O2. The molecule has 5 heteroatoms. The zero-order chi connectivity index (χ0) is 11.9. The number of nitrogens with one attached hydrogen (secondary N) is 1. The SMILES string of the molecule is CCCC(C)(O)CNCC(C)C(N)=NO. The first kappa shape index (κ1) is 14.2. The third-order valence-corrected chi connectivity index (χ3v) is 2.37. The Morgan fingerprint density at radius 3 is 2.67 bits per heavy atom. The van der Waals surface area contributed by atoms with Crippen molar-refractivity contribution < 1.29 is 10.3 Å². The van der Waals surface area contributed by atoms with Gasteiger partial charge in [0.1, 0.15) is 5.84 Å². The molecule has 0 heterocycles. The normalized spacial score (nSPS) is 18.5. The molecule has 0 saturated heterocycles. The van der Waals surface area contributed by atoms with E-state index in [-0.39, 0.29) is 11.8 Å². The van der Waals surface area contributed by atoms with E-state index in [1.54, 1.807) is 6.92 Å². The minimum Gasteiger partial charge on any atom is -0.409 e. The molecule has 0 amide bonds. The van der Waals surface area contributed by atoms with Crippen LogP contribution < -0.4 is 11.1 Å². The molecule has 0 bridgehead atoms. The third kappa shape index (κ3) is 6.30. The van der Waals surface area contributed by atoms with Gasteiger partial charge in [-0.25, -0.2) is 0 Å². The van der Waals surface area contributed by atoms with Crippen molar-refractivity contribution in [3.05, 3.63) is 0 Å². The van der Waals surface area contributed by atoms with Gasteiger partial charge < -0.3 is 21.4 Å². The number of nitrogens with zero attached hydrogens (tertiary/aromatic N) is 1. The minimum absolute atomic E-state index is 0.0348. The second-order valence-electron chi connectivity index (χ2n) is 4.30. The molecule has 0 fully saturated rings. The van der Waals surface area contributed by atoms with Crippen molar-refractivity contribution >= 4 is 5.84 Å². The first-order valence-electron chi connectivity index (χ1n) is 5.33. The number of rotatable bonds is 7. The third-order valence-electron chi connectivity index (χ3n) is 2.37. The van der Waals surface area contributed by atoms with Crippen molar-refractivity contribution in [2.75, 3.05) is 13.1 Å². The van der Waals surface area contributed by atoms with E-state index in [0.29, 0.717) is 13.1 Å². The van der Waals surface area contributed by atoms with Crippen molar-refractivity contribution in [2.24, 2.45) is 16.8 Å². The standard InChI is InChI=1S/C10H23N3O2/c1-4-5-10(3,14)7-12-6-8(2)9(11)13-15/h8,12,14-15H,4-7H2,1-3H3,(H2,11,13). The Labute approximate surface area is 91.4 Å². The highest BCUT2D eigenvalue weighted by Crippen LogP contribution is 2.09. The number of aliphatic hydroxyl groups is 1. The highest BCUT2D eigenvalue weighted by atomic mass is 16.4. The van der Waals surface area contributed by atoms with Gasteiger partial charge in [-0.15, -0.1) is 0 Å². The Morgan fingerprint density at radius 2 is 2.20 bits per heavy atom. The molecule has 2 atom stereocenters. The quantitative estimate of drug-likeness (QED) is 0.216. The van der Waals surface area contributed by atoms with Gasteiger partial charge in [0.05, 0.1) is 5.60 Å². The Kier molecular flexibility index (Phi) is 6.27. The van der Waals surface area contributed by atoms with Gasteiger partial charge in [-0.05, 0) is 13.3 Å². The first-order valence-corrected chi connectivity index (χ1v) is 5.33. The van der Waals surface area contributed by atoms with Crippen LogP contribution in [0.25, 0.3) is 0 Å². The fraction of sp³-hybridized carbons (Fsp3) is 0.900. The van der Waals surface area contributed by atoms with Crippen molar-refractivity contribution in [2.45, 2.75) is 39.2 Å². The maximum absolute atomic E-state index is 9.85. The Bertz CT molecular complexity index is 205. The van der Waals surface area contributed by atoms with Gasteiger partial charge in [-0.1, -0.05) is 25.4 Å². The molecule has 15 heavy (non-hydrogen) atoms. The minimum atomic E-state index is -0.681. The van der Waals surface area contributed by atoms with Crippen molar-refractivity contribution in [3.63, 3.8) is 0 Å². The number of hydrogen-bond donors (Lipinski definition) is 4. The van der Waals surface area contributed by atoms with Gasteiger partial charge >= 0.3 is 0 Å². The lowest BCUT2D eigenvalue weighted by molar-refractivity contribution is 0.0499. The summed E-state index contributed by atoms with van der Waals surface area (Å²) in [5, 5.41) is 24.3. The van der Waals surface area contributed by atoms with Crippen LogP contribution in [0.1, 0.15) is 33.6 Å². The van der Waals surface area contributed by atoms with E-state index in [1.807, 2.05) is 13.8 Å². The average Bonchev–Trinajstić information content (AvgIpc) is 2.15. The highest BCUT2D eigenvalue weighted by molar-refractivity contribution is 5.82. The van der Waals surface area contributed by atoms with E-state index >= 15 is 0 Å². The predicted octanol–water partition coefficient (Wildman–Crippen LogP) is 0.510. The number of oxime groups is 1. The van der Waals surface area contributed by atoms with Crippen LogP contribution in [0, 0.1) is 5.92 Å². The van der Waals surface area contributed by atoms with E-state index in [9.17, 15) is 5.11 Å². The molecule has 90 valence electrons. The van der Waals surface area contributed by atoms with Crippen LogP contribution in [0.3, 0.4) is 0 Å². The van der Waals surface area contributed by atoms with Crippen LogP contribution in [0.4, 0.5) is 0 Å². The number of hydrogen-bond acceptors (Lipinski definition) is 4. The number of nitrogens with two attached hydrogens (primary N) is 1. The Balaban J connectivity index is 3.79. The summed E-state index contributed by atoms with van der Waals surface area (Å²) in [4.78, 5) is 0. The Hall–Kier alpha value is -0.810. The topological polar surface area (TPSA) is 90.9 Å². The molecule has 0 radical (unpaired) electrons. The molecular weight excluding hydrogens is 194 g/mol. The summed E-state index contributed by atoms with van der Waals surface area (Å²) in [5.41, 5.74) is 4.74. The Morgan fingerprint density at radius 1 is 1.60 bits per heavy atom. The van der Waals surface area contributed by atoms with E-state index in [4.69, 9.17) is 10.9 Å². The maximum Gasteiger partial charge on any atom is 0.143 e. The molecule has 2 unspecified atom stereocenters. The summed E-state index contributed by atoms with van der Waals surface area (Å²) in [6, 6.07) is 0. The van der Waals surface area contributed by atoms with E-state index in [1.165, 1.54) is 0 Å². The summed E-state index contributed by atoms with van der Waals surface area (Å²) in [6.45, 7) is 6.81. The summed E-state index contributed by atoms with van der Waals surface area (Å²) >= 11 is 0. The average molecular weight is 217 g/mol. The lowest BCUT2D eigenvalue weighted by Crippen LogP contribution is -2.41. The molecule has 0 spiro atoms. The molecule has 5 N–H and O–H groups in total. The van der Waals surface area contributed by atoms with Crippen LogP contribution in [0.5, 0.6) is 0 Å². The van der Waals surface area contributed by atoms with E-state index < -0.39 is 5.60 Å². The second kappa shape index (κ2) is 6.63. The van der Waals surface area contributed by atoms with Gasteiger partial charge in [0.2, 0.25) is 0 Å². The lowest BCUT2D eigenvalue weighted by Gasteiger charge is -2.23. The van der Waals surface area contributed by atoms with Crippen LogP contribution in [-0.2, 0) is 0 Å². The van der Waals surface area contributed by atoms with E-state index in [0.717, 1.165) is 12.8 Å². The van der Waals surface area contributed by atoms with Crippen LogP contribution in [0.15, 0.2) is 5.16 Å². The van der Waals surface area contributed by atoms with Crippen molar-refractivity contribution in [1.29, 1.82) is 0 Å². The number of amidine groups is 1. The van der Waals surface area contributed by atoms with Gasteiger partial charge in [-0.3, -0.25) is 0 Å². The summed E-state index contributed by atoms with van der Waals surface area (Å²) < 4.78 is 0. The van der Waals surface area contributed by atoms with Crippen LogP contribution >= 0.6 is 0 Å². The first-order chi connectivity index (χ1) is 6.93. The smallest absolute Gasteiger partial charge is 0.143 e. The fourth-order valence-corrected chi connectivity index (χ4v) is 1.39. The van der Waals surface area contributed by atoms with Gasteiger partial charge in [0.25, 0.3) is 0 Å². The molecule has 0 aliphatic heterocycles. The van der Waals surface area contributed by atoms with Crippen molar-refractivity contribution in [3.8, 4) is 0 Å². The van der Waals surface area contributed by atoms with Crippen LogP contribution in [0.2, 0.25) is 0 Å². The molecule has 5 nitrogen and oxygen atoms in total. The fourth-order valence-electron chi connectivity index (χ4n) is 1.39. The molecule has 0 aromatic rings. The predicted molar refractivity (Wildman–Crippen MR) is 61.0 cm³/mol. The molecule has 0 rings (SSSR count). The van der Waals surface area contributed by atoms with Crippen LogP contribution in [-0.4, -0.2) is 34.8 Å². The zero-order valence-electron chi connectivity index (χ0n) is 9.82. The zero-order valence-corrected chi connectivity index (χ0v) is 9.82. The van der Waals surface area contributed by atoms with Gasteiger partial charge in [0, 0.05) is 19.0 Å². The largest absolute Gasteiger partial charge is 0.409 e. The molecule has 0 aromatic carbocycles. The second-order valence-corrected chi connectivity index (χ2v) is 4.30.